The molecule has 2 radical (unpaired) electrons. The predicted molar refractivity (Wildman–Crippen MR) is 388 cm³/mol. The maximum Gasteiger partial charge on any atom is 0.173 e. The first-order chi connectivity index (χ1) is 44.9. The Bertz CT molecular complexity index is 2150. The zero-order valence-electron chi connectivity index (χ0n) is 60.3. The van der Waals surface area contributed by atoms with Crippen molar-refractivity contribution in [3.63, 3.8) is 0 Å². The van der Waals surface area contributed by atoms with Crippen molar-refractivity contribution in [3.05, 3.63) is 38.7 Å². The van der Waals surface area contributed by atoms with Crippen molar-refractivity contribution in [2.45, 2.75) is 321 Å². The fourth-order valence-electron chi connectivity index (χ4n) is 14.5. The summed E-state index contributed by atoms with van der Waals surface area (Å²) in [5.41, 5.74) is 33.0. The van der Waals surface area contributed by atoms with Crippen LogP contribution in [0.3, 0.4) is 0 Å². The summed E-state index contributed by atoms with van der Waals surface area (Å²) in [6, 6.07) is 0. The van der Waals surface area contributed by atoms with Crippen LogP contribution in [-0.2, 0) is 92.6 Å². The van der Waals surface area contributed by atoms with Crippen LogP contribution in [0.5, 0.6) is 0 Å². The minimum absolute atomic E-state index is 0. The number of carbonyl (C=O) groups is 1. The molecule has 0 amide bonds. The number of Topliss-reactive ketones (excluding diaryl/α,β-unsaturated/α-hetero) is 1. The number of ketones is 1. The van der Waals surface area contributed by atoms with Gasteiger partial charge in [-0.2, -0.15) is 20.4 Å². The van der Waals surface area contributed by atoms with Crippen molar-refractivity contribution in [3.8, 4) is 0 Å². The fraction of sp³-hybridized carbons (Fsp3) is 0.827. The topological polar surface area (TPSA) is 330 Å². The smallest absolute Gasteiger partial charge is 0.173 e. The van der Waals surface area contributed by atoms with Gasteiger partial charge in [0.1, 0.15) is 5.78 Å². The monoisotopic (exact) mass is 1470 g/mol. The molecule has 20 heteroatoms. The molecule has 0 bridgehead atoms. The molecule has 95 heavy (non-hydrogen) atoms. The molecule has 2 aliphatic heterocycles. The summed E-state index contributed by atoms with van der Waals surface area (Å²) >= 11 is 0. The van der Waals surface area contributed by atoms with Crippen LogP contribution in [0.25, 0.3) is 0 Å². The van der Waals surface area contributed by atoms with Gasteiger partial charge in [-0.1, -0.05) is 159 Å². The van der Waals surface area contributed by atoms with Gasteiger partial charge in [0.2, 0.25) is 0 Å². The first-order valence-electron chi connectivity index (χ1n) is 37.3. The van der Waals surface area contributed by atoms with Crippen molar-refractivity contribution < 1.29 is 79.8 Å². The Morgan fingerprint density at radius 1 is 0.411 bits per heavy atom. The van der Waals surface area contributed by atoms with E-state index in [0.29, 0.717) is 60.1 Å². The number of nitrogens with two attached hydrogens (primary N) is 5. The Labute approximate surface area is 629 Å². The van der Waals surface area contributed by atoms with Gasteiger partial charge in [0, 0.05) is 148 Å². The number of unbranched alkanes of at least 4 members (excludes halogenated alkanes) is 15. The maximum atomic E-state index is 12.7. The summed E-state index contributed by atoms with van der Waals surface area (Å²) in [6.07, 6.45) is 65.4. The van der Waals surface area contributed by atoms with Crippen LogP contribution in [0.1, 0.15) is 320 Å². The molecule has 1 aromatic heterocycles. The average molecular weight is 1470 g/mol. The van der Waals surface area contributed by atoms with Gasteiger partial charge in [-0.3, -0.25) is 17.4 Å². The average Bonchev–Trinajstić information content (AvgIpc) is 0.819. The summed E-state index contributed by atoms with van der Waals surface area (Å²) in [4.78, 5) is 34.2. The molecule has 4 aliphatic carbocycles. The van der Waals surface area contributed by atoms with Crippen molar-refractivity contribution >= 4 is 41.2 Å². The molecule has 6 aliphatic rings. The SMILES string of the molecule is N#N.NCCCCCCC1=NN=C(CCCCCCN)C2C(C[C-]=O)CCCCCC12.NCCCCCCC1=NN=C2CCCCCCCC(=O)CC3CCCCCC1C23.NCCCCCCc1nnc(CCCCCCN)nn1.O=[C-]CC1/C=C/CCCCC1.[CH3-].[CH3-].[Y].[Y]. The van der Waals surface area contributed by atoms with E-state index < -0.39 is 0 Å². The van der Waals surface area contributed by atoms with E-state index in [4.69, 9.17) is 59.9 Å². The van der Waals surface area contributed by atoms with Crippen molar-refractivity contribution in [2.24, 2.45) is 90.5 Å². The second-order valence-electron chi connectivity index (χ2n) is 27.0. The van der Waals surface area contributed by atoms with Gasteiger partial charge < -0.3 is 53.1 Å². The van der Waals surface area contributed by atoms with E-state index in [1.807, 2.05) is 6.29 Å². The van der Waals surface area contributed by atoms with Gasteiger partial charge in [0.05, 0.1) is 0 Å². The summed E-state index contributed by atoms with van der Waals surface area (Å²) in [6.45, 7) is 3.92. The quantitative estimate of drug-likeness (QED) is 0.0185. The maximum absolute atomic E-state index is 12.7. The standard InChI is InChI=1S/C25H43N3O.C24H43N4O.C14H28N6.C10H15O.2CH3.N2.2Y/c26-18-12-5-4-10-16-23-22-15-9-6-7-13-20-19-21(29)14-8-2-1-3-11-17-24(25(20)22)28-27-23;25-17-10-3-1-8-14-22-21-13-7-5-6-12-20(16-19-29)24(21)23(28-27-22)15-9-2-4-11-18-26;15-11-7-3-1-5-9-13-17-19-14(20-18-13)10-6-2-4-8-12-16;11-9-8-10-6-4-2-1-3-5-7-10;;;1-2;;/h20,22,25H,1-19,26H2;20-21,24H,1-18,25-26H2;1-12,15-16H2;4,6,10H,1-3,5,7-8H2;2*1H3;;;/q;-1;;3*-1;;;/b;;;6-4+;;;;;. The van der Waals surface area contributed by atoms with Gasteiger partial charge in [0.25, 0.3) is 0 Å². The first-order valence-corrected chi connectivity index (χ1v) is 37.3. The van der Waals surface area contributed by atoms with Crippen LogP contribution >= 0.6 is 0 Å². The van der Waals surface area contributed by atoms with Crippen LogP contribution in [0.15, 0.2) is 32.6 Å². The van der Waals surface area contributed by atoms with Crippen molar-refractivity contribution in [1.82, 2.24) is 20.4 Å². The molecule has 3 fully saturated rings. The van der Waals surface area contributed by atoms with E-state index in [0.717, 1.165) is 160 Å². The molecule has 10 N–H and O–H groups in total. The molecule has 538 valence electrons. The number of hydrogen-bond acceptors (Lipinski definition) is 18. The van der Waals surface area contributed by atoms with Crippen LogP contribution in [-0.4, -0.2) is 94.3 Å². The molecule has 0 aromatic carbocycles. The van der Waals surface area contributed by atoms with E-state index in [-0.39, 0.29) is 80.3 Å². The Morgan fingerprint density at radius 3 is 1.31 bits per heavy atom. The Balaban J connectivity index is 0. The van der Waals surface area contributed by atoms with Gasteiger partial charge in [0.15, 0.2) is 11.6 Å². The first kappa shape index (κ1) is 94.9. The van der Waals surface area contributed by atoms with Crippen LogP contribution in [0.2, 0.25) is 0 Å². The summed E-state index contributed by atoms with van der Waals surface area (Å²) in [5.74, 6) is 5.29. The molecule has 0 spiro atoms. The number of aryl methyl sites for hydroxylation is 2. The van der Waals surface area contributed by atoms with E-state index in [1.165, 1.54) is 215 Å². The second kappa shape index (κ2) is 66.4. The molecular weight excluding hydrogens is 1340 g/mol. The van der Waals surface area contributed by atoms with Gasteiger partial charge in [-0.25, -0.2) is 0 Å². The Morgan fingerprint density at radius 2 is 0.800 bits per heavy atom. The third-order valence-electron chi connectivity index (χ3n) is 19.7. The van der Waals surface area contributed by atoms with E-state index >= 15 is 0 Å². The zero-order valence-corrected chi connectivity index (χ0v) is 66.0. The minimum atomic E-state index is 0. The van der Waals surface area contributed by atoms with Crippen molar-refractivity contribution in [1.29, 1.82) is 10.8 Å². The van der Waals surface area contributed by atoms with Crippen molar-refractivity contribution in [2.75, 3.05) is 32.7 Å². The molecule has 7 atom stereocenters. The number of nitrogens with zero attached hydrogens (tertiary/aromatic N) is 10. The molecule has 1 aromatic rings. The third kappa shape index (κ3) is 43.3. The van der Waals surface area contributed by atoms with E-state index in [9.17, 15) is 14.4 Å². The Kier molecular flexibility index (Phi) is 66.3. The molecule has 0 saturated heterocycles. The largest absolute Gasteiger partial charge is 0.542 e. The molecule has 3 heterocycles. The second-order valence-corrected chi connectivity index (χ2v) is 27.0. The zero-order chi connectivity index (χ0) is 65.5. The fourth-order valence-corrected chi connectivity index (χ4v) is 14.5. The van der Waals surface area contributed by atoms with Gasteiger partial charge in [-0.15, -0.1) is 33.2 Å². The van der Waals surface area contributed by atoms with Crippen LogP contribution < -0.4 is 28.7 Å². The minimum Gasteiger partial charge on any atom is -0.542 e. The number of hydrogen-bond donors (Lipinski definition) is 5. The number of carbonyl (C=O) groups excluding carboxylic acids is 3. The normalized spacial score (nSPS) is 22.2. The Hall–Kier alpha value is -2.20. The third-order valence-corrected chi connectivity index (χ3v) is 19.7. The number of fused-ring (bicyclic) bond motifs is 1. The van der Waals surface area contributed by atoms with E-state index in [2.05, 4.69) is 38.8 Å². The van der Waals surface area contributed by atoms with Gasteiger partial charge in [-0.05, 0) is 186 Å². The molecule has 3 saturated carbocycles. The van der Waals surface area contributed by atoms with Crippen LogP contribution in [0, 0.1) is 67.1 Å². The summed E-state index contributed by atoms with van der Waals surface area (Å²) in [7, 11) is 0. The predicted octanol–water partition coefficient (Wildman–Crippen LogP) is 16.1. The number of allylic oxidation sites excluding steroid dienone is 2. The molecular formula is C75H135N15O3Y2-4. The molecule has 18 nitrogen and oxygen atoms in total. The van der Waals surface area contributed by atoms with Crippen LogP contribution in [0.4, 0.5) is 0 Å². The van der Waals surface area contributed by atoms with Gasteiger partial charge >= 0.3 is 0 Å². The molecule has 7 rings (SSSR count). The summed E-state index contributed by atoms with van der Waals surface area (Å²) < 4.78 is 0. The molecule has 7 unspecified atom stereocenters. The van der Waals surface area contributed by atoms with E-state index in [1.54, 1.807) is 0 Å². The summed E-state index contributed by atoms with van der Waals surface area (Å²) in [5, 5.41) is 47.7. The number of aromatic nitrogens is 4. The number of rotatable bonds is 34.